The topological polar surface area (TPSA) is 38.7 Å². The molecule has 1 fully saturated rings. The van der Waals surface area contributed by atoms with Crippen molar-refractivity contribution in [2.45, 2.75) is 24.9 Å². The van der Waals surface area contributed by atoms with Gasteiger partial charge in [-0.2, -0.15) is 0 Å². The van der Waals surface area contributed by atoms with Crippen molar-refractivity contribution >= 4 is 11.6 Å². The van der Waals surface area contributed by atoms with Gasteiger partial charge in [0, 0.05) is 10.6 Å². The maximum absolute atomic E-state index is 10.4. The molecule has 0 bridgehead atoms. The van der Waals surface area contributed by atoms with Crippen molar-refractivity contribution in [2.24, 2.45) is 0 Å². The molecule has 1 heterocycles. The van der Waals surface area contributed by atoms with E-state index < -0.39 is 11.0 Å². The lowest BCUT2D eigenvalue weighted by atomic mass is 9.67. The first-order valence-corrected chi connectivity index (χ1v) is 5.93. The van der Waals surface area contributed by atoms with Gasteiger partial charge in [0.1, 0.15) is 5.75 Å². The van der Waals surface area contributed by atoms with Crippen LogP contribution in [0.3, 0.4) is 0 Å². The Bertz CT molecular complexity index is 419. The van der Waals surface area contributed by atoms with Gasteiger partial charge in [-0.15, -0.1) is 0 Å². The summed E-state index contributed by atoms with van der Waals surface area (Å²) in [7, 11) is 1.62. The largest absolute Gasteiger partial charge is 0.496 e. The Morgan fingerprint density at radius 2 is 2.06 bits per heavy atom. The van der Waals surface area contributed by atoms with E-state index in [1.54, 1.807) is 27.0 Å². The molecule has 1 aliphatic rings. The highest BCUT2D eigenvalue weighted by Crippen LogP contribution is 2.46. The molecule has 0 amide bonds. The first-order valence-electron chi connectivity index (χ1n) is 5.55. The van der Waals surface area contributed by atoms with E-state index in [0.29, 0.717) is 18.2 Å². The molecule has 4 heteroatoms. The monoisotopic (exact) mass is 256 g/mol. The summed E-state index contributed by atoms with van der Waals surface area (Å²) in [5, 5.41) is 11.0. The highest BCUT2D eigenvalue weighted by molar-refractivity contribution is 6.30. The second-order valence-electron chi connectivity index (χ2n) is 4.98. The van der Waals surface area contributed by atoms with Gasteiger partial charge in [0.2, 0.25) is 0 Å². The van der Waals surface area contributed by atoms with E-state index in [2.05, 4.69) is 0 Å². The van der Waals surface area contributed by atoms with Crippen LogP contribution in [0, 0.1) is 0 Å². The Balaban J connectivity index is 2.54. The van der Waals surface area contributed by atoms with Crippen molar-refractivity contribution in [3.8, 4) is 5.75 Å². The molecule has 0 aromatic heterocycles. The number of rotatable bonds is 3. The van der Waals surface area contributed by atoms with Crippen LogP contribution in [0.5, 0.6) is 5.75 Å². The molecule has 1 aliphatic heterocycles. The van der Waals surface area contributed by atoms with Gasteiger partial charge in [-0.05, 0) is 32.0 Å². The zero-order chi connectivity index (χ0) is 12.7. The van der Waals surface area contributed by atoms with Gasteiger partial charge in [-0.3, -0.25) is 0 Å². The van der Waals surface area contributed by atoms with Gasteiger partial charge >= 0.3 is 0 Å². The summed E-state index contributed by atoms with van der Waals surface area (Å²) >= 11 is 6.03. The second kappa shape index (κ2) is 4.16. The summed E-state index contributed by atoms with van der Waals surface area (Å²) in [4.78, 5) is 0. The summed E-state index contributed by atoms with van der Waals surface area (Å²) in [6.45, 7) is 4.53. The van der Waals surface area contributed by atoms with Gasteiger partial charge in [0.05, 0.1) is 31.3 Å². The molecule has 1 N–H and O–H groups in total. The van der Waals surface area contributed by atoms with E-state index in [0.717, 1.165) is 11.3 Å². The van der Waals surface area contributed by atoms with Crippen molar-refractivity contribution in [1.82, 2.24) is 0 Å². The number of hydrogen-bond acceptors (Lipinski definition) is 3. The number of hydrogen-bond donors (Lipinski definition) is 1. The smallest absolute Gasteiger partial charge is 0.123 e. The zero-order valence-corrected chi connectivity index (χ0v) is 11.0. The summed E-state index contributed by atoms with van der Waals surface area (Å²) in [6.07, 6.45) is 0. The number of aliphatic hydroxyl groups is 1. The van der Waals surface area contributed by atoms with Crippen molar-refractivity contribution in [2.75, 3.05) is 20.3 Å². The first kappa shape index (κ1) is 12.7. The van der Waals surface area contributed by atoms with Gasteiger partial charge in [-0.1, -0.05) is 11.6 Å². The highest BCUT2D eigenvalue weighted by Gasteiger charge is 2.53. The maximum Gasteiger partial charge on any atom is 0.123 e. The average molecular weight is 257 g/mol. The number of benzene rings is 1. The third-order valence-corrected chi connectivity index (χ3v) is 3.78. The van der Waals surface area contributed by atoms with Crippen LogP contribution in [-0.4, -0.2) is 31.0 Å². The molecule has 2 rings (SSSR count). The molecule has 0 unspecified atom stereocenters. The average Bonchev–Trinajstić information content (AvgIpc) is 2.14. The molecule has 0 saturated carbocycles. The summed E-state index contributed by atoms with van der Waals surface area (Å²) in [6, 6.07) is 5.45. The van der Waals surface area contributed by atoms with Crippen LogP contribution in [-0.2, 0) is 10.2 Å². The SMILES string of the molecule is COc1ccc(Cl)cc1C1(C(C)(C)O)COC1. The van der Waals surface area contributed by atoms with Crippen LogP contribution in [0.15, 0.2) is 18.2 Å². The summed E-state index contributed by atoms with van der Waals surface area (Å²) in [5.41, 5.74) is -0.418. The minimum Gasteiger partial charge on any atom is -0.496 e. The molecule has 0 radical (unpaired) electrons. The number of methoxy groups -OCH3 is 1. The van der Waals surface area contributed by atoms with Crippen molar-refractivity contribution in [3.63, 3.8) is 0 Å². The predicted octanol–water partition coefficient (Wildman–Crippen LogP) is 2.39. The van der Waals surface area contributed by atoms with Crippen molar-refractivity contribution in [1.29, 1.82) is 0 Å². The van der Waals surface area contributed by atoms with Crippen molar-refractivity contribution in [3.05, 3.63) is 28.8 Å². The Labute approximate surface area is 106 Å². The lowest BCUT2D eigenvalue weighted by Crippen LogP contribution is -2.60. The lowest BCUT2D eigenvalue weighted by molar-refractivity contribution is -0.158. The molecule has 3 nitrogen and oxygen atoms in total. The molecule has 17 heavy (non-hydrogen) atoms. The molecular formula is C13H17ClO3. The molecule has 94 valence electrons. The van der Waals surface area contributed by atoms with Crippen LogP contribution in [0.1, 0.15) is 19.4 Å². The van der Waals surface area contributed by atoms with E-state index in [4.69, 9.17) is 21.1 Å². The second-order valence-corrected chi connectivity index (χ2v) is 5.41. The van der Waals surface area contributed by atoms with Crippen molar-refractivity contribution < 1.29 is 14.6 Å². The Hall–Kier alpha value is -0.770. The van der Waals surface area contributed by atoms with Gasteiger partial charge in [0.15, 0.2) is 0 Å². The van der Waals surface area contributed by atoms with Crippen LogP contribution in [0.4, 0.5) is 0 Å². The van der Waals surface area contributed by atoms with Gasteiger partial charge in [0.25, 0.3) is 0 Å². The molecule has 0 spiro atoms. The number of ether oxygens (including phenoxy) is 2. The van der Waals surface area contributed by atoms with Crippen LogP contribution in [0.25, 0.3) is 0 Å². The fraction of sp³-hybridized carbons (Fsp3) is 0.538. The normalized spacial score (nSPS) is 18.6. The van der Waals surface area contributed by atoms with Crippen LogP contribution < -0.4 is 4.74 Å². The highest BCUT2D eigenvalue weighted by atomic mass is 35.5. The van der Waals surface area contributed by atoms with E-state index >= 15 is 0 Å². The molecule has 1 aromatic rings. The molecule has 1 aromatic carbocycles. The molecular weight excluding hydrogens is 240 g/mol. The molecule has 1 saturated heterocycles. The fourth-order valence-corrected chi connectivity index (χ4v) is 2.37. The quantitative estimate of drug-likeness (QED) is 0.903. The van der Waals surface area contributed by atoms with E-state index in [1.807, 2.05) is 12.1 Å². The minimum absolute atomic E-state index is 0.441. The minimum atomic E-state index is -0.886. The van der Waals surface area contributed by atoms with Gasteiger partial charge in [-0.25, -0.2) is 0 Å². The third-order valence-electron chi connectivity index (χ3n) is 3.55. The van der Waals surface area contributed by atoms with Gasteiger partial charge < -0.3 is 14.6 Å². The van der Waals surface area contributed by atoms with Crippen LogP contribution in [0.2, 0.25) is 5.02 Å². The fourth-order valence-electron chi connectivity index (χ4n) is 2.20. The van der Waals surface area contributed by atoms with E-state index in [1.165, 1.54) is 0 Å². The standard InChI is InChI=1S/C13H17ClO3/c1-12(2,15)13(7-17-8-13)10-6-9(14)4-5-11(10)16-3/h4-6,15H,7-8H2,1-3H3. The summed E-state index contributed by atoms with van der Waals surface area (Å²) < 4.78 is 10.7. The Morgan fingerprint density at radius 3 is 2.47 bits per heavy atom. The van der Waals surface area contributed by atoms with E-state index in [9.17, 15) is 5.11 Å². The van der Waals surface area contributed by atoms with E-state index in [-0.39, 0.29) is 0 Å². The molecule has 0 aliphatic carbocycles. The Morgan fingerprint density at radius 1 is 1.41 bits per heavy atom. The Kier molecular flexibility index (Phi) is 3.10. The predicted molar refractivity (Wildman–Crippen MR) is 66.8 cm³/mol. The van der Waals surface area contributed by atoms with Crippen LogP contribution >= 0.6 is 11.6 Å². The maximum atomic E-state index is 10.4. The first-order chi connectivity index (χ1) is 7.90. The zero-order valence-electron chi connectivity index (χ0n) is 10.3. The third kappa shape index (κ3) is 1.92. The molecule has 0 atom stereocenters. The number of halogens is 1. The lowest BCUT2D eigenvalue weighted by Gasteiger charge is -2.50. The summed E-state index contributed by atoms with van der Waals surface area (Å²) in [5.74, 6) is 0.736.